The van der Waals surface area contributed by atoms with Crippen molar-refractivity contribution >= 4 is 5.91 Å². The van der Waals surface area contributed by atoms with E-state index in [9.17, 15) is 15.0 Å². The summed E-state index contributed by atoms with van der Waals surface area (Å²) in [6.45, 7) is 4.41. The summed E-state index contributed by atoms with van der Waals surface area (Å²) >= 11 is 0. The molecule has 4 heteroatoms. The Bertz CT molecular complexity index is 834. The third-order valence-corrected chi connectivity index (χ3v) is 14.4. The topological polar surface area (TPSA) is 69.6 Å². The van der Waals surface area contributed by atoms with Crippen molar-refractivity contribution in [1.82, 2.24) is 5.32 Å². The van der Waals surface area contributed by atoms with Crippen LogP contribution in [0.5, 0.6) is 0 Å². The maximum atomic E-state index is 12.5. The van der Waals surface area contributed by atoms with Crippen molar-refractivity contribution in [2.24, 2.45) is 0 Å². The highest BCUT2D eigenvalue weighted by molar-refractivity contribution is 5.76. The van der Waals surface area contributed by atoms with Gasteiger partial charge in [-0.2, -0.15) is 0 Å². The van der Waals surface area contributed by atoms with Crippen molar-refractivity contribution in [2.75, 3.05) is 6.61 Å². The Balaban J connectivity index is 3.38. The van der Waals surface area contributed by atoms with Gasteiger partial charge in [-0.1, -0.05) is 335 Å². The number of nitrogens with one attached hydrogen (secondary N) is 1. The van der Waals surface area contributed by atoms with Crippen LogP contribution in [-0.4, -0.2) is 34.9 Å². The normalized spacial score (nSPS) is 12.6. The fourth-order valence-corrected chi connectivity index (χ4v) is 9.84. The molecule has 0 aliphatic heterocycles. The molecule has 2 unspecified atom stereocenters. The van der Waals surface area contributed by atoms with Crippen LogP contribution in [0.4, 0.5) is 0 Å². The van der Waals surface area contributed by atoms with E-state index in [1.165, 1.54) is 302 Å². The predicted octanol–water partition coefficient (Wildman–Crippen LogP) is 19.5. The Labute approximate surface area is 397 Å². The number of rotatable bonds is 56. The maximum absolute atomic E-state index is 12.5. The number of aliphatic hydroxyl groups excluding tert-OH is 2. The Morgan fingerprint density at radius 1 is 0.317 bits per heavy atom. The van der Waals surface area contributed by atoms with E-state index in [2.05, 4.69) is 19.2 Å². The molecule has 0 heterocycles. The van der Waals surface area contributed by atoms with Gasteiger partial charge in [0.05, 0.1) is 18.8 Å². The predicted molar refractivity (Wildman–Crippen MR) is 281 cm³/mol. The monoisotopic (exact) mass is 890 g/mol. The van der Waals surface area contributed by atoms with Gasteiger partial charge in [-0.05, 0) is 12.8 Å². The SMILES string of the molecule is CCCCCCCCCCCCCCCCCCCCCCCCCCCCCCC(=O)NC(CO)C(O)CCCCCCCCCCCCCCCCCCCCCCCCC. The fourth-order valence-electron chi connectivity index (χ4n) is 9.84. The largest absolute Gasteiger partial charge is 0.394 e. The van der Waals surface area contributed by atoms with Crippen molar-refractivity contribution in [3.05, 3.63) is 0 Å². The molecule has 0 aromatic carbocycles. The Morgan fingerprint density at radius 2 is 0.508 bits per heavy atom. The molecule has 0 rings (SSSR count). The number of aliphatic hydroxyl groups is 2. The van der Waals surface area contributed by atoms with Gasteiger partial charge in [0.15, 0.2) is 0 Å². The summed E-state index contributed by atoms with van der Waals surface area (Å²) in [5, 5.41) is 23.4. The van der Waals surface area contributed by atoms with Gasteiger partial charge < -0.3 is 15.5 Å². The van der Waals surface area contributed by atoms with Gasteiger partial charge >= 0.3 is 0 Å². The molecule has 0 aromatic rings. The molecule has 0 bridgehead atoms. The summed E-state index contributed by atoms with van der Waals surface area (Å²) in [5.41, 5.74) is 0. The molecule has 0 fully saturated rings. The first-order valence-electron chi connectivity index (χ1n) is 29.7. The Kier molecular flexibility index (Phi) is 55.2. The molecule has 2 atom stereocenters. The molecule has 0 aliphatic carbocycles. The summed E-state index contributed by atoms with van der Waals surface area (Å²) in [4.78, 5) is 12.5. The minimum Gasteiger partial charge on any atom is -0.394 e. The van der Waals surface area contributed by atoms with E-state index in [-0.39, 0.29) is 12.5 Å². The molecule has 63 heavy (non-hydrogen) atoms. The van der Waals surface area contributed by atoms with Gasteiger partial charge in [0, 0.05) is 6.42 Å². The number of amides is 1. The number of hydrogen-bond donors (Lipinski definition) is 3. The van der Waals surface area contributed by atoms with E-state index in [1.54, 1.807) is 0 Å². The summed E-state index contributed by atoms with van der Waals surface area (Å²) < 4.78 is 0. The van der Waals surface area contributed by atoms with Gasteiger partial charge in [0.2, 0.25) is 5.91 Å². The Hall–Kier alpha value is -0.610. The van der Waals surface area contributed by atoms with Gasteiger partial charge in [-0.15, -0.1) is 0 Å². The molecule has 378 valence electrons. The van der Waals surface area contributed by atoms with Crippen LogP contribution in [0, 0.1) is 0 Å². The minimum atomic E-state index is -0.655. The third-order valence-electron chi connectivity index (χ3n) is 14.4. The van der Waals surface area contributed by atoms with Crippen molar-refractivity contribution in [1.29, 1.82) is 0 Å². The van der Waals surface area contributed by atoms with E-state index < -0.39 is 12.1 Å². The highest BCUT2D eigenvalue weighted by Crippen LogP contribution is 2.19. The molecule has 1 amide bonds. The average Bonchev–Trinajstić information content (AvgIpc) is 3.29. The highest BCUT2D eigenvalue weighted by Gasteiger charge is 2.20. The van der Waals surface area contributed by atoms with Gasteiger partial charge in [-0.25, -0.2) is 0 Å². The zero-order valence-electron chi connectivity index (χ0n) is 43.6. The second kappa shape index (κ2) is 55.7. The molecule has 3 N–H and O–H groups in total. The quantitative estimate of drug-likeness (QED) is 0.0533. The van der Waals surface area contributed by atoms with Crippen molar-refractivity contribution < 1.29 is 15.0 Å². The number of carbonyl (C=O) groups excluding carboxylic acids is 1. The van der Waals surface area contributed by atoms with Crippen LogP contribution >= 0.6 is 0 Å². The second-order valence-corrected chi connectivity index (χ2v) is 20.8. The van der Waals surface area contributed by atoms with Crippen LogP contribution in [-0.2, 0) is 4.79 Å². The van der Waals surface area contributed by atoms with Crippen LogP contribution in [0.2, 0.25) is 0 Å². The number of hydrogen-bond acceptors (Lipinski definition) is 3. The van der Waals surface area contributed by atoms with Crippen molar-refractivity contribution in [2.45, 2.75) is 366 Å². The van der Waals surface area contributed by atoms with Crippen molar-refractivity contribution in [3.63, 3.8) is 0 Å². The van der Waals surface area contributed by atoms with Crippen molar-refractivity contribution in [3.8, 4) is 0 Å². The van der Waals surface area contributed by atoms with Crippen LogP contribution in [0.3, 0.4) is 0 Å². The average molecular weight is 891 g/mol. The molecule has 0 saturated carbocycles. The fraction of sp³-hybridized carbons (Fsp3) is 0.983. The molecule has 0 saturated heterocycles. The van der Waals surface area contributed by atoms with Gasteiger partial charge in [-0.3, -0.25) is 4.79 Å². The number of carbonyl (C=O) groups is 1. The molecular formula is C59H119NO3. The van der Waals surface area contributed by atoms with Gasteiger partial charge in [0.25, 0.3) is 0 Å². The van der Waals surface area contributed by atoms with E-state index in [1.807, 2.05) is 0 Å². The lowest BCUT2D eigenvalue weighted by molar-refractivity contribution is -0.123. The lowest BCUT2D eigenvalue weighted by Crippen LogP contribution is -2.45. The second-order valence-electron chi connectivity index (χ2n) is 20.8. The zero-order valence-corrected chi connectivity index (χ0v) is 43.6. The summed E-state index contributed by atoms with van der Waals surface area (Å²) in [7, 11) is 0. The summed E-state index contributed by atoms with van der Waals surface area (Å²) in [5.74, 6) is -0.0211. The molecule has 0 radical (unpaired) electrons. The Morgan fingerprint density at radius 3 is 0.714 bits per heavy atom. The molecule has 4 nitrogen and oxygen atoms in total. The summed E-state index contributed by atoms with van der Waals surface area (Å²) in [6, 6.07) is -0.531. The minimum absolute atomic E-state index is 0.0211. The van der Waals surface area contributed by atoms with Crippen LogP contribution < -0.4 is 5.32 Å². The lowest BCUT2D eigenvalue weighted by Gasteiger charge is -2.22. The van der Waals surface area contributed by atoms with E-state index in [4.69, 9.17) is 0 Å². The first-order chi connectivity index (χ1) is 31.2. The van der Waals surface area contributed by atoms with Crippen LogP contribution in [0.15, 0.2) is 0 Å². The highest BCUT2D eigenvalue weighted by atomic mass is 16.3. The standard InChI is InChI=1S/C59H119NO3/c1-3-5-7-9-11-13-15-17-19-21-23-25-27-28-29-30-31-33-35-37-39-41-43-45-47-49-51-53-55-59(63)60-57(56-61)58(62)54-52-50-48-46-44-42-40-38-36-34-32-26-24-22-20-18-16-14-12-10-8-6-4-2/h57-58,61-62H,3-56H2,1-2H3,(H,60,63). The van der Waals surface area contributed by atoms with E-state index in [0.717, 1.165) is 25.7 Å². The molecule has 0 spiro atoms. The zero-order chi connectivity index (χ0) is 45.6. The van der Waals surface area contributed by atoms with Gasteiger partial charge in [0.1, 0.15) is 0 Å². The first-order valence-corrected chi connectivity index (χ1v) is 29.7. The maximum Gasteiger partial charge on any atom is 0.220 e. The van der Waals surface area contributed by atoms with Crippen LogP contribution in [0.25, 0.3) is 0 Å². The third kappa shape index (κ3) is 52.2. The number of unbranched alkanes of at least 4 members (excludes halogenated alkanes) is 49. The molecular weight excluding hydrogens is 771 g/mol. The molecule has 0 aromatic heterocycles. The molecule has 0 aliphatic rings. The van der Waals surface area contributed by atoms with E-state index >= 15 is 0 Å². The smallest absolute Gasteiger partial charge is 0.220 e. The first kappa shape index (κ1) is 62.4. The van der Waals surface area contributed by atoms with E-state index in [0.29, 0.717) is 12.8 Å². The van der Waals surface area contributed by atoms with Crippen LogP contribution in [0.1, 0.15) is 354 Å². The lowest BCUT2D eigenvalue weighted by atomic mass is 10.0. The summed E-state index contributed by atoms with van der Waals surface area (Å²) in [6.07, 6.45) is 71.1.